The molecule has 5 heteroatoms. The molecule has 2 aliphatic carbocycles. The van der Waals surface area contributed by atoms with Crippen LogP contribution in [0.2, 0.25) is 0 Å². The second kappa shape index (κ2) is 4.23. The van der Waals surface area contributed by atoms with Gasteiger partial charge in [0.05, 0.1) is 19.8 Å². The van der Waals surface area contributed by atoms with Crippen molar-refractivity contribution in [3.8, 4) is 0 Å². The molecule has 17 heavy (non-hydrogen) atoms. The van der Waals surface area contributed by atoms with E-state index >= 15 is 0 Å². The minimum Gasteiger partial charge on any atom is -0.376 e. The summed E-state index contributed by atoms with van der Waals surface area (Å²) in [5, 5.41) is 3.43. The quantitative estimate of drug-likeness (QED) is 0.645. The maximum absolute atomic E-state index is 11.8. The molecule has 1 aliphatic heterocycles. The van der Waals surface area contributed by atoms with Crippen molar-refractivity contribution in [2.45, 2.75) is 43.4 Å². The average molecular weight is 240 g/mol. The summed E-state index contributed by atoms with van der Waals surface area (Å²) in [4.78, 5) is 11.8. The van der Waals surface area contributed by atoms with Crippen LogP contribution in [0.5, 0.6) is 0 Å². The summed E-state index contributed by atoms with van der Waals surface area (Å²) in [5.74, 6) is 0.105. The van der Waals surface area contributed by atoms with Gasteiger partial charge in [-0.05, 0) is 31.6 Å². The van der Waals surface area contributed by atoms with Gasteiger partial charge in [0.1, 0.15) is 11.6 Å². The fourth-order valence-electron chi connectivity index (χ4n) is 2.35. The Morgan fingerprint density at radius 2 is 2.06 bits per heavy atom. The zero-order chi connectivity index (χ0) is 11.9. The number of carbonyl (C=O) groups excluding carboxylic acids is 1. The lowest BCUT2D eigenvalue weighted by atomic mass is 9.92. The number of hydrogen-bond acceptors (Lipinski definition) is 4. The SMILES string of the molecule is NC(=O)C(COC1COC1)(NC1CC1)C1CC1. The normalized spacial score (nSPS) is 28.5. The Morgan fingerprint density at radius 3 is 2.47 bits per heavy atom. The van der Waals surface area contributed by atoms with Gasteiger partial charge in [-0.25, -0.2) is 0 Å². The first-order valence-electron chi connectivity index (χ1n) is 6.47. The van der Waals surface area contributed by atoms with Crippen LogP contribution in [-0.4, -0.2) is 43.4 Å². The van der Waals surface area contributed by atoms with E-state index in [2.05, 4.69) is 5.32 Å². The first-order chi connectivity index (χ1) is 8.21. The monoisotopic (exact) mass is 240 g/mol. The molecule has 0 aromatic carbocycles. The van der Waals surface area contributed by atoms with Gasteiger partial charge in [-0.1, -0.05) is 0 Å². The number of rotatable bonds is 7. The van der Waals surface area contributed by atoms with Crippen LogP contribution in [0.15, 0.2) is 0 Å². The lowest BCUT2D eigenvalue weighted by Gasteiger charge is -2.35. The Kier molecular flexibility index (Phi) is 2.84. The van der Waals surface area contributed by atoms with Crippen molar-refractivity contribution in [1.82, 2.24) is 5.32 Å². The van der Waals surface area contributed by atoms with Gasteiger partial charge < -0.3 is 15.2 Å². The van der Waals surface area contributed by atoms with Crippen molar-refractivity contribution in [3.05, 3.63) is 0 Å². The van der Waals surface area contributed by atoms with E-state index in [9.17, 15) is 4.79 Å². The molecule has 1 atom stereocenters. The van der Waals surface area contributed by atoms with Crippen molar-refractivity contribution in [1.29, 1.82) is 0 Å². The molecule has 1 unspecified atom stereocenters. The van der Waals surface area contributed by atoms with Gasteiger partial charge in [0.15, 0.2) is 0 Å². The van der Waals surface area contributed by atoms with E-state index < -0.39 is 5.54 Å². The summed E-state index contributed by atoms with van der Waals surface area (Å²) in [7, 11) is 0. The van der Waals surface area contributed by atoms with Gasteiger partial charge in [-0.3, -0.25) is 10.1 Å². The lowest BCUT2D eigenvalue weighted by molar-refractivity contribution is -0.151. The van der Waals surface area contributed by atoms with Crippen LogP contribution in [-0.2, 0) is 14.3 Å². The Morgan fingerprint density at radius 1 is 1.35 bits per heavy atom. The first kappa shape index (κ1) is 11.4. The zero-order valence-electron chi connectivity index (χ0n) is 9.98. The van der Waals surface area contributed by atoms with Crippen LogP contribution in [0.1, 0.15) is 25.7 Å². The summed E-state index contributed by atoms with van der Waals surface area (Å²) in [6.07, 6.45) is 4.59. The minimum absolute atomic E-state index is 0.147. The van der Waals surface area contributed by atoms with Crippen LogP contribution in [0, 0.1) is 5.92 Å². The van der Waals surface area contributed by atoms with Gasteiger partial charge in [0, 0.05) is 6.04 Å². The summed E-state index contributed by atoms with van der Waals surface area (Å²) < 4.78 is 10.8. The van der Waals surface area contributed by atoms with Crippen molar-refractivity contribution in [3.63, 3.8) is 0 Å². The highest BCUT2D eigenvalue weighted by Gasteiger charge is 2.52. The molecule has 0 radical (unpaired) electrons. The highest BCUT2D eigenvalue weighted by Crippen LogP contribution is 2.42. The zero-order valence-corrected chi connectivity index (χ0v) is 9.98. The molecule has 3 rings (SSSR count). The maximum atomic E-state index is 11.8. The predicted octanol–water partition coefficient (Wildman–Crippen LogP) is -0.212. The minimum atomic E-state index is -0.628. The molecule has 3 N–H and O–H groups in total. The van der Waals surface area contributed by atoms with Gasteiger partial charge in [0.25, 0.3) is 0 Å². The molecule has 1 heterocycles. The molecule has 1 amide bonds. The van der Waals surface area contributed by atoms with Crippen molar-refractivity contribution < 1.29 is 14.3 Å². The number of amides is 1. The second-order valence-corrected chi connectivity index (χ2v) is 5.50. The van der Waals surface area contributed by atoms with Crippen LogP contribution >= 0.6 is 0 Å². The highest BCUT2D eigenvalue weighted by molar-refractivity contribution is 5.86. The Labute approximate surface area is 101 Å². The molecule has 0 aromatic rings. The highest BCUT2D eigenvalue weighted by atomic mass is 16.6. The third-order valence-electron chi connectivity index (χ3n) is 3.91. The molecule has 1 saturated heterocycles. The maximum Gasteiger partial charge on any atom is 0.240 e. The molecule has 3 aliphatic rings. The van der Waals surface area contributed by atoms with Crippen LogP contribution < -0.4 is 11.1 Å². The van der Waals surface area contributed by atoms with E-state index in [1.807, 2.05) is 0 Å². The number of nitrogens with one attached hydrogen (secondary N) is 1. The molecule has 5 nitrogen and oxygen atoms in total. The Balaban J connectivity index is 1.65. The Hall–Kier alpha value is -0.650. The van der Waals surface area contributed by atoms with Gasteiger partial charge in [-0.15, -0.1) is 0 Å². The molecule has 3 fully saturated rings. The fourth-order valence-corrected chi connectivity index (χ4v) is 2.35. The topological polar surface area (TPSA) is 73.6 Å². The summed E-state index contributed by atoms with van der Waals surface area (Å²) in [6.45, 7) is 1.68. The molecule has 0 spiro atoms. The average Bonchev–Trinajstić information content (AvgIpc) is 3.07. The Bertz CT molecular complexity index is 311. The molecule has 0 bridgehead atoms. The van der Waals surface area contributed by atoms with E-state index in [0.717, 1.165) is 25.7 Å². The van der Waals surface area contributed by atoms with Crippen molar-refractivity contribution in [2.75, 3.05) is 19.8 Å². The summed E-state index contributed by atoms with van der Waals surface area (Å²) in [5.41, 5.74) is 4.99. The lowest BCUT2D eigenvalue weighted by Crippen LogP contribution is -2.62. The van der Waals surface area contributed by atoms with Crippen LogP contribution in [0.3, 0.4) is 0 Å². The van der Waals surface area contributed by atoms with E-state index in [1.54, 1.807) is 0 Å². The fraction of sp³-hybridized carbons (Fsp3) is 0.917. The number of nitrogens with two attached hydrogens (primary N) is 1. The van der Waals surface area contributed by atoms with E-state index in [1.165, 1.54) is 0 Å². The van der Waals surface area contributed by atoms with E-state index in [4.69, 9.17) is 15.2 Å². The predicted molar refractivity (Wildman–Crippen MR) is 61.4 cm³/mol. The molecule has 0 aromatic heterocycles. The molecular weight excluding hydrogens is 220 g/mol. The molecule has 2 saturated carbocycles. The third-order valence-corrected chi connectivity index (χ3v) is 3.91. The number of ether oxygens (including phenoxy) is 2. The first-order valence-corrected chi connectivity index (χ1v) is 6.47. The molecule has 96 valence electrons. The van der Waals surface area contributed by atoms with Crippen molar-refractivity contribution >= 4 is 5.91 Å². The van der Waals surface area contributed by atoms with Gasteiger partial charge >= 0.3 is 0 Å². The second-order valence-electron chi connectivity index (χ2n) is 5.50. The van der Waals surface area contributed by atoms with E-state index in [-0.39, 0.29) is 12.0 Å². The van der Waals surface area contributed by atoms with Gasteiger partial charge in [0.2, 0.25) is 5.91 Å². The van der Waals surface area contributed by atoms with Crippen LogP contribution in [0.25, 0.3) is 0 Å². The number of hydrogen-bond donors (Lipinski definition) is 2. The van der Waals surface area contributed by atoms with E-state index in [0.29, 0.717) is 31.8 Å². The number of carbonyl (C=O) groups is 1. The standard InChI is InChI=1S/C12H20N2O3/c13-11(15)12(8-1-2-8,14-9-3-4-9)7-17-10-5-16-6-10/h8-10,14H,1-7H2,(H2,13,15). The molecular formula is C12H20N2O3. The van der Waals surface area contributed by atoms with Crippen molar-refractivity contribution in [2.24, 2.45) is 11.7 Å². The third kappa shape index (κ3) is 2.32. The van der Waals surface area contributed by atoms with Crippen LogP contribution in [0.4, 0.5) is 0 Å². The summed E-state index contributed by atoms with van der Waals surface area (Å²) >= 11 is 0. The smallest absolute Gasteiger partial charge is 0.240 e. The number of primary amides is 1. The van der Waals surface area contributed by atoms with Gasteiger partial charge in [-0.2, -0.15) is 0 Å². The summed E-state index contributed by atoms with van der Waals surface area (Å²) in [6, 6.07) is 0.462. The largest absolute Gasteiger partial charge is 0.376 e.